The fraction of sp³-hybridized carbons (Fsp3) is 0.625. The number of amides is 1. The van der Waals surface area contributed by atoms with Gasteiger partial charge in [-0.3, -0.25) is 18.7 Å². The van der Waals surface area contributed by atoms with Gasteiger partial charge in [-0.1, -0.05) is 26.2 Å². The second-order valence-electron chi connectivity index (χ2n) is 9.38. The Bertz CT molecular complexity index is 1290. The molecule has 1 amide bonds. The van der Waals surface area contributed by atoms with E-state index in [0.717, 1.165) is 55.9 Å². The summed E-state index contributed by atoms with van der Waals surface area (Å²) in [6, 6.07) is 4.28. The van der Waals surface area contributed by atoms with Crippen molar-refractivity contribution in [2.24, 2.45) is 7.05 Å². The van der Waals surface area contributed by atoms with Crippen LogP contribution >= 0.6 is 0 Å². The summed E-state index contributed by atoms with van der Waals surface area (Å²) in [5, 5.41) is 0.122. The fourth-order valence-corrected chi connectivity index (χ4v) is 6.98. The molecule has 2 saturated heterocycles. The molecule has 34 heavy (non-hydrogen) atoms. The number of hydrogen-bond acceptors (Lipinski definition) is 5. The van der Waals surface area contributed by atoms with E-state index < -0.39 is 21.3 Å². The molecule has 0 spiro atoms. The lowest BCUT2D eigenvalue weighted by atomic mass is 10.0. The van der Waals surface area contributed by atoms with E-state index >= 15 is 0 Å². The first-order valence-corrected chi connectivity index (χ1v) is 13.7. The van der Waals surface area contributed by atoms with Crippen LogP contribution in [0.15, 0.2) is 32.7 Å². The van der Waals surface area contributed by atoms with Gasteiger partial charge in [0.15, 0.2) is 0 Å². The van der Waals surface area contributed by atoms with Crippen LogP contribution in [-0.4, -0.2) is 58.3 Å². The van der Waals surface area contributed by atoms with Gasteiger partial charge in [0.25, 0.3) is 5.56 Å². The highest BCUT2D eigenvalue weighted by Gasteiger charge is 2.33. The van der Waals surface area contributed by atoms with Crippen LogP contribution in [-0.2, 0) is 28.4 Å². The van der Waals surface area contributed by atoms with Crippen LogP contribution < -0.4 is 11.2 Å². The van der Waals surface area contributed by atoms with E-state index in [4.69, 9.17) is 0 Å². The molecule has 0 saturated carbocycles. The molecule has 2 aromatic rings. The third-order valence-electron chi connectivity index (χ3n) is 7.23. The third kappa shape index (κ3) is 4.57. The number of sulfonamides is 1. The van der Waals surface area contributed by atoms with Gasteiger partial charge < -0.3 is 4.90 Å². The van der Waals surface area contributed by atoms with E-state index in [1.807, 2.05) is 6.92 Å². The number of aromatic nitrogens is 2. The maximum atomic E-state index is 13.5. The number of carbonyl (C=O) groups excluding carboxylic acids is 1. The van der Waals surface area contributed by atoms with Crippen molar-refractivity contribution in [2.45, 2.75) is 75.8 Å². The molecule has 1 unspecified atom stereocenters. The van der Waals surface area contributed by atoms with Crippen LogP contribution in [0.25, 0.3) is 10.9 Å². The number of piperidine rings is 1. The number of carbonyl (C=O) groups is 1. The monoisotopic (exact) mass is 490 g/mol. The highest BCUT2D eigenvalue weighted by Crippen LogP contribution is 2.28. The van der Waals surface area contributed by atoms with Crippen LogP contribution in [0.4, 0.5) is 0 Å². The van der Waals surface area contributed by atoms with Crippen LogP contribution in [0.2, 0.25) is 0 Å². The SMILES string of the molecule is CCC1CCCCN1S(=O)(=O)c1ccc2c(c1)c(=O)n(CC(=O)N1CCCCCC1)c(=O)n2C. The Kier molecular flexibility index (Phi) is 7.28. The lowest BCUT2D eigenvalue weighted by Gasteiger charge is -2.34. The molecule has 9 nitrogen and oxygen atoms in total. The first-order chi connectivity index (χ1) is 16.3. The molecule has 0 aliphatic carbocycles. The van der Waals surface area contributed by atoms with Crippen molar-refractivity contribution >= 4 is 26.8 Å². The number of benzene rings is 1. The van der Waals surface area contributed by atoms with Gasteiger partial charge in [-0.2, -0.15) is 4.31 Å². The highest BCUT2D eigenvalue weighted by molar-refractivity contribution is 7.89. The molecular weight excluding hydrogens is 456 g/mol. The number of fused-ring (bicyclic) bond motifs is 1. The van der Waals surface area contributed by atoms with E-state index in [-0.39, 0.29) is 28.8 Å². The predicted molar refractivity (Wildman–Crippen MR) is 130 cm³/mol. The van der Waals surface area contributed by atoms with Gasteiger partial charge in [0.05, 0.1) is 15.8 Å². The molecular formula is C24H34N4O5S. The zero-order chi connectivity index (χ0) is 24.5. The second kappa shape index (κ2) is 10.0. The zero-order valence-electron chi connectivity index (χ0n) is 20.0. The minimum absolute atomic E-state index is 0.0430. The van der Waals surface area contributed by atoms with Crippen molar-refractivity contribution in [1.82, 2.24) is 18.3 Å². The molecule has 10 heteroatoms. The van der Waals surface area contributed by atoms with Gasteiger partial charge in [0.2, 0.25) is 15.9 Å². The van der Waals surface area contributed by atoms with Crippen LogP contribution in [0.1, 0.15) is 58.3 Å². The smallest absolute Gasteiger partial charge is 0.331 e. The molecule has 3 heterocycles. The average Bonchev–Trinajstić information content (AvgIpc) is 3.14. The summed E-state index contributed by atoms with van der Waals surface area (Å²) >= 11 is 0. The van der Waals surface area contributed by atoms with Gasteiger partial charge in [0.1, 0.15) is 6.54 Å². The summed E-state index contributed by atoms with van der Waals surface area (Å²) in [4.78, 5) is 40.9. The minimum atomic E-state index is -3.79. The van der Waals surface area contributed by atoms with Crippen LogP contribution in [0.3, 0.4) is 0 Å². The minimum Gasteiger partial charge on any atom is -0.341 e. The van der Waals surface area contributed by atoms with E-state index in [1.54, 1.807) is 9.21 Å². The normalized spacial score (nSPS) is 20.4. The Morgan fingerprint density at radius 3 is 2.35 bits per heavy atom. The summed E-state index contributed by atoms with van der Waals surface area (Å²) in [6.07, 6.45) is 7.31. The molecule has 1 atom stereocenters. The Hall–Kier alpha value is -2.46. The summed E-state index contributed by atoms with van der Waals surface area (Å²) in [5.74, 6) is -0.261. The number of hydrogen-bond donors (Lipinski definition) is 0. The molecule has 0 radical (unpaired) electrons. The Morgan fingerprint density at radius 1 is 1.00 bits per heavy atom. The molecule has 1 aromatic heterocycles. The molecule has 2 aliphatic heterocycles. The lowest BCUT2D eigenvalue weighted by molar-refractivity contribution is -0.131. The molecule has 1 aromatic carbocycles. The maximum Gasteiger partial charge on any atom is 0.331 e. The van der Waals surface area contributed by atoms with E-state index in [0.29, 0.717) is 25.2 Å². The van der Waals surface area contributed by atoms with Crippen molar-refractivity contribution in [3.8, 4) is 0 Å². The zero-order valence-corrected chi connectivity index (χ0v) is 20.8. The summed E-state index contributed by atoms with van der Waals surface area (Å²) in [7, 11) is -2.26. The van der Waals surface area contributed by atoms with Gasteiger partial charge in [-0.15, -0.1) is 0 Å². The Morgan fingerprint density at radius 2 is 1.68 bits per heavy atom. The quantitative estimate of drug-likeness (QED) is 0.639. The topological polar surface area (TPSA) is 102 Å². The van der Waals surface area contributed by atoms with Crippen molar-refractivity contribution in [1.29, 1.82) is 0 Å². The van der Waals surface area contributed by atoms with Crippen molar-refractivity contribution in [3.05, 3.63) is 39.0 Å². The van der Waals surface area contributed by atoms with Gasteiger partial charge in [0, 0.05) is 32.7 Å². The maximum absolute atomic E-state index is 13.5. The van der Waals surface area contributed by atoms with E-state index in [1.165, 1.54) is 29.8 Å². The van der Waals surface area contributed by atoms with Crippen molar-refractivity contribution < 1.29 is 13.2 Å². The third-order valence-corrected chi connectivity index (χ3v) is 9.17. The first-order valence-electron chi connectivity index (χ1n) is 12.3. The lowest BCUT2D eigenvalue weighted by Crippen LogP contribution is -2.45. The Labute approximate surface area is 200 Å². The average molecular weight is 491 g/mol. The molecule has 0 bridgehead atoms. The molecule has 0 N–H and O–H groups in total. The number of nitrogens with zero attached hydrogens (tertiary/aromatic N) is 4. The van der Waals surface area contributed by atoms with Gasteiger partial charge >= 0.3 is 5.69 Å². The summed E-state index contributed by atoms with van der Waals surface area (Å²) in [6.45, 7) is 3.34. The molecule has 2 aliphatic rings. The number of rotatable bonds is 5. The van der Waals surface area contributed by atoms with E-state index in [9.17, 15) is 22.8 Å². The predicted octanol–water partition coefficient (Wildman–Crippen LogP) is 2.06. The highest BCUT2D eigenvalue weighted by atomic mass is 32.2. The summed E-state index contributed by atoms with van der Waals surface area (Å²) in [5.41, 5.74) is -0.875. The molecule has 2 fully saturated rings. The van der Waals surface area contributed by atoms with Crippen molar-refractivity contribution in [3.63, 3.8) is 0 Å². The molecule has 4 rings (SSSR count). The van der Waals surface area contributed by atoms with Crippen LogP contribution in [0, 0.1) is 0 Å². The molecule has 186 valence electrons. The van der Waals surface area contributed by atoms with E-state index in [2.05, 4.69) is 0 Å². The second-order valence-corrected chi connectivity index (χ2v) is 11.3. The Balaban J connectivity index is 1.74. The first kappa shape index (κ1) is 24.7. The number of likely N-dealkylation sites (tertiary alicyclic amines) is 1. The van der Waals surface area contributed by atoms with Crippen molar-refractivity contribution in [2.75, 3.05) is 19.6 Å². The fourth-order valence-electron chi connectivity index (χ4n) is 5.18. The number of aryl methyl sites for hydroxylation is 1. The van der Waals surface area contributed by atoms with Gasteiger partial charge in [-0.05, 0) is 50.3 Å². The summed E-state index contributed by atoms with van der Waals surface area (Å²) < 4.78 is 30.7. The van der Waals surface area contributed by atoms with Crippen LogP contribution in [0.5, 0.6) is 0 Å². The van der Waals surface area contributed by atoms with Gasteiger partial charge in [-0.25, -0.2) is 13.2 Å². The largest absolute Gasteiger partial charge is 0.341 e. The standard InChI is InChI=1S/C24H34N4O5S/c1-3-18-10-6-9-15-28(18)34(32,33)19-11-12-21-20(16-19)23(30)27(24(31)25(21)2)17-22(29)26-13-7-4-5-8-14-26/h11-12,16,18H,3-10,13-15,17H2,1-2H3.